The van der Waals surface area contributed by atoms with Crippen molar-refractivity contribution in [2.75, 3.05) is 0 Å². The number of nitrogens with zero attached hydrogens (tertiary/aromatic N) is 1. The number of rotatable bonds is 3. The van der Waals surface area contributed by atoms with Gasteiger partial charge < -0.3 is 5.73 Å². The molecule has 3 heteroatoms. The number of hydrogen-bond acceptors (Lipinski definition) is 2. The van der Waals surface area contributed by atoms with E-state index < -0.39 is 0 Å². The van der Waals surface area contributed by atoms with Crippen LogP contribution in [0.5, 0.6) is 0 Å². The van der Waals surface area contributed by atoms with Gasteiger partial charge in [-0.15, -0.1) is 0 Å². The third-order valence-electron chi connectivity index (χ3n) is 3.23. The molecule has 0 amide bonds. The van der Waals surface area contributed by atoms with Crippen molar-refractivity contribution in [3.05, 3.63) is 78.1 Å². The van der Waals surface area contributed by atoms with E-state index >= 15 is 0 Å². The molecular weight excluding hydrogens is 234 g/mol. The topological polar surface area (TPSA) is 54.7 Å². The summed E-state index contributed by atoms with van der Waals surface area (Å²) in [6.45, 7) is 0. The molecule has 1 heterocycles. The summed E-state index contributed by atoms with van der Waals surface area (Å²) in [4.78, 5) is 0. The molecule has 1 atom stereocenters. The Hall–Kier alpha value is -2.39. The van der Waals surface area contributed by atoms with E-state index in [9.17, 15) is 0 Å². The Kier molecular flexibility index (Phi) is 3.12. The molecule has 0 bridgehead atoms. The quantitative estimate of drug-likeness (QED) is 0.749. The van der Waals surface area contributed by atoms with Gasteiger partial charge in [-0.1, -0.05) is 54.6 Å². The number of aromatic nitrogens is 2. The van der Waals surface area contributed by atoms with Crippen molar-refractivity contribution in [2.24, 2.45) is 5.73 Å². The average Bonchev–Trinajstić information content (AvgIpc) is 3.02. The van der Waals surface area contributed by atoms with Crippen LogP contribution < -0.4 is 5.73 Å². The fourth-order valence-electron chi connectivity index (χ4n) is 2.13. The first-order valence-electron chi connectivity index (χ1n) is 6.25. The number of nitrogens with one attached hydrogen (secondary N) is 1. The Morgan fingerprint density at radius 3 is 2.16 bits per heavy atom. The van der Waals surface area contributed by atoms with Crippen molar-refractivity contribution in [2.45, 2.75) is 6.04 Å². The van der Waals surface area contributed by atoms with Gasteiger partial charge in [0.25, 0.3) is 0 Å². The second-order valence-electron chi connectivity index (χ2n) is 4.48. The third kappa shape index (κ3) is 2.41. The van der Waals surface area contributed by atoms with E-state index in [1.54, 1.807) is 6.20 Å². The average molecular weight is 249 g/mol. The van der Waals surface area contributed by atoms with Gasteiger partial charge >= 0.3 is 0 Å². The molecule has 1 unspecified atom stereocenters. The van der Waals surface area contributed by atoms with Crippen LogP contribution in [0, 0.1) is 0 Å². The van der Waals surface area contributed by atoms with Crippen LogP contribution in [0.2, 0.25) is 0 Å². The zero-order valence-electron chi connectivity index (χ0n) is 10.5. The first-order chi connectivity index (χ1) is 9.34. The van der Waals surface area contributed by atoms with Crippen LogP contribution in [0.15, 0.2) is 66.9 Å². The summed E-state index contributed by atoms with van der Waals surface area (Å²) in [5.41, 5.74) is 10.6. The van der Waals surface area contributed by atoms with Gasteiger partial charge in [-0.05, 0) is 22.8 Å². The Morgan fingerprint density at radius 2 is 1.53 bits per heavy atom. The van der Waals surface area contributed by atoms with Gasteiger partial charge in [-0.3, -0.25) is 5.10 Å². The lowest BCUT2D eigenvalue weighted by molar-refractivity contribution is 0.816. The lowest BCUT2D eigenvalue weighted by Crippen LogP contribution is -2.12. The zero-order chi connectivity index (χ0) is 13.1. The van der Waals surface area contributed by atoms with Gasteiger partial charge in [-0.2, -0.15) is 5.10 Å². The summed E-state index contributed by atoms with van der Waals surface area (Å²) in [5, 5.41) is 6.84. The van der Waals surface area contributed by atoms with E-state index in [2.05, 4.69) is 46.6 Å². The standard InChI is InChI=1S/C16H15N3/c17-16(15-10-11-18-19-15)14-8-6-13(7-9-14)12-4-2-1-3-5-12/h1-11,16H,17H2,(H,18,19). The fraction of sp³-hybridized carbons (Fsp3) is 0.0625. The molecule has 2 aromatic carbocycles. The molecule has 0 fully saturated rings. The van der Waals surface area contributed by atoms with Crippen molar-refractivity contribution < 1.29 is 0 Å². The van der Waals surface area contributed by atoms with Crippen LogP contribution in [-0.4, -0.2) is 10.2 Å². The number of H-pyrrole nitrogens is 1. The van der Waals surface area contributed by atoms with E-state index in [1.165, 1.54) is 11.1 Å². The minimum Gasteiger partial charge on any atom is -0.319 e. The Labute approximate surface area is 112 Å². The van der Waals surface area contributed by atoms with Crippen LogP contribution in [0.4, 0.5) is 0 Å². The van der Waals surface area contributed by atoms with Crippen LogP contribution in [0.25, 0.3) is 11.1 Å². The summed E-state index contributed by atoms with van der Waals surface area (Å²) >= 11 is 0. The van der Waals surface area contributed by atoms with Crippen molar-refractivity contribution in [3.8, 4) is 11.1 Å². The first-order valence-corrected chi connectivity index (χ1v) is 6.25. The van der Waals surface area contributed by atoms with Crippen LogP contribution >= 0.6 is 0 Å². The number of aromatic amines is 1. The minimum atomic E-state index is -0.160. The fourth-order valence-corrected chi connectivity index (χ4v) is 2.13. The largest absolute Gasteiger partial charge is 0.319 e. The molecule has 1 aromatic heterocycles. The number of benzene rings is 2. The van der Waals surface area contributed by atoms with Gasteiger partial charge in [-0.25, -0.2) is 0 Å². The first kappa shape index (κ1) is 11.7. The van der Waals surface area contributed by atoms with E-state index in [0.717, 1.165) is 11.3 Å². The molecule has 19 heavy (non-hydrogen) atoms. The predicted octanol–water partition coefficient (Wildman–Crippen LogP) is 3.12. The molecule has 0 aliphatic rings. The maximum Gasteiger partial charge on any atom is 0.0720 e. The molecule has 0 saturated heterocycles. The maximum absolute atomic E-state index is 6.18. The summed E-state index contributed by atoms with van der Waals surface area (Å²) in [6, 6.07) is 20.4. The number of nitrogens with two attached hydrogens (primary N) is 1. The molecular formula is C16H15N3. The molecule has 3 N–H and O–H groups in total. The maximum atomic E-state index is 6.18. The van der Waals surface area contributed by atoms with Crippen LogP contribution in [0.3, 0.4) is 0 Å². The highest BCUT2D eigenvalue weighted by Crippen LogP contribution is 2.23. The van der Waals surface area contributed by atoms with E-state index in [-0.39, 0.29) is 6.04 Å². The highest BCUT2D eigenvalue weighted by molar-refractivity contribution is 5.63. The van der Waals surface area contributed by atoms with Crippen molar-refractivity contribution in [1.29, 1.82) is 0 Å². The summed E-state index contributed by atoms with van der Waals surface area (Å²) in [6.07, 6.45) is 1.72. The van der Waals surface area contributed by atoms with E-state index in [4.69, 9.17) is 5.73 Å². The predicted molar refractivity (Wildman–Crippen MR) is 76.5 cm³/mol. The summed E-state index contributed by atoms with van der Waals surface area (Å²) in [5.74, 6) is 0. The monoisotopic (exact) mass is 249 g/mol. The molecule has 0 aliphatic carbocycles. The molecule has 0 saturated carbocycles. The number of hydrogen-bond donors (Lipinski definition) is 2. The molecule has 0 aliphatic heterocycles. The SMILES string of the molecule is NC(c1ccc(-c2ccccc2)cc1)c1ccn[nH]1. The Balaban J connectivity index is 1.87. The minimum absolute atomic E-state index is 0.160. The highest BCUT2D eigenvalue weighted by Gasteiger charge is 2.09. The molecule has 3 aromatic rings. The van der Waals surface area contributed by atoms with Gasteiger partial charge in [0.1, 0.15) is 0 Å². The molecule has 94 valence electrons. The Morgan fingerprint density at radius 1 is 0.842 bits per heavy atom. The van der Waals surface area contributed by atoms with Crippen molar-refractivity contribution in [1.82, 2.24) is 10.2 Å². The molecule has 0 spiro atoms. The Bertz CT molecular complexity index is 628. The lowest BCUT2D eigenvalue weighted by Gasteiger charge is -2.10. The van der Waals surface area contributed by atoms with E-state index in [1.807, 2.05) is 24.3 Å². The summed E-state index contributed by atoms with van der Waals surface area (Å²) < 4.78 is 0. The second-order valence-corrected chi connectivity index (χ2v) is 4.48. The van der Waals surface area contributed by atoms with Crippen LogP contribution in [-0.2, 0) is 0 Å². The summed E-state index contributed by atoms with van der Waals surface area (Å²) in [7, 11) is 0. The van der Waals surface area contributed by atoms with Gasteiger partial charge in [0, 0.05) is 6.20 Å². The van der Waals surface area contributed by atoms with Crippen LogP contribution in [0.1, 0.15) is 17.3 Å². The van der Waals surface area contributed by atoms with Gasteiger partial charge in [0.2, 0.25) is 0 Å². The van der Waals surface area contributed by atoms with E-state index in [0.29, 0.717) is 0 Å². The lowest BCUT2D eigenvalue weighted by atomic mass is 10.00. The van der Waals surface area contributed by atoms with Gasteiger partial charge in [0.15, 0.2) is 0 Å². The second kappa shape index (κ2) is 5.08. The molecule has 0 radical (unpaired) electrons. The van der Waals surface area contributed by atoms with Crippen molar-refractivity contribution >= 4 is 0 Å². The molecule has 3 rings (SSSR count). The van der Waals surface area contributed by atoms with Gasteiger partial charge in [0.05, 0.1) is 11.7 Å². The van der Waals surface area contributed by atoms with Crippen molar-refractivity contribution in [3.63, 3.8) is 0 Å². The normalized spacial score (nSPS) is 12.3. The highest BCUT2D eigenvalue weighted by atomic mass is 15.1. The zero-order valence-corrected chi connectivity index (χ0v) is 10.5. The smallest absolute Gasteiger partial charge is 0.0720 e. The molecule has 3 nitrogen and oxygen atoms in total. The third-order valence-corrected chi connectivity index (χ3v) is 3.23.